The normalized spacial score (nSPS) is 11.8. The molecule has 8 heteroatoms. The van der Waals surface area contributed by atoms with Crippen molar-refractivity contribution in [2.24, 2.45) is 0 Å². The van der Waals surface area contributed by atoms with Crippen LogP contribution < -0.4 is 10.5 Å². The van der Waals surface area contributed by atoms with Crippen molar-refractivity contribution in [1.82, 2.24) is 4.72 Å². The van der Waals surface area contributed by atoms with Gasteiger partial charge in [0.15, 0.2) is 0 Å². The molecule has 20 heavy (non-hydrogen) atoms. The molecule has 0 heterocycles. The summed E-state index contributed by atoms with van der Waals surface area (Å²) in [5.41, 5.74) is 5.10. The number of unbranched alkanes of at least 4 members (excludes halogenated alkanes) is 2. The summed E-state index contributed by atoms with van der Waals surface area (Å²) in [7, 11) is -2.17. The van der Waals surface area contributed by atoms with Crippen LogP contribution in [0, 0.1) is 5.82 Å². The number of anilines is 1. The second kappa shape index (κ2) is 7.78. The third-order valence-corrected chi connectivity index (χ3v) is 4.58. The van der Waals surface area contributed by atoms with Crippen LogP contribution in [0.15, 0.2) is 17.0 Å². The zero-order chi connectivity index (χ0) is 15.2. The Morgan fingerprint density at radius 1 is 1.35 bits per heavy atom. The Bertz CT molecular complexity index is 552. The first-order valence-corrected chi connectivity index (χ1v) is 7.97. The summed E-state index contributed by atoms with van der Waals surface area (Å²) < 4.78 is 44.5. The molecule has 0 radical (unpaired) electrons. The van der Waals surface area contributed by atoms with Gasteiger partial charge in [-0.15, -0.1) is 0 Å². The van der Waals surface area contributed by atoms with E-state index in [9.17, 15) is 12.8 Å². The summed E-state index contributed by atoms with van der Waals surface area (Å²) in [6.07, 6.45) is 2.38. The lowest BCUT2D eigenvalue weighted by atomic mass is 10.2. The molecule has 0 aromatic heterocycles. The van der Waals surface area contributed by atoms with E-state index in [2.05, 4.69) is 4.72 Å². The Balaban J connectivity index is 2.63. The molecule has 0 spiro atoms. The average Bonchev–Trinajstić information content (AvgIpc) is 2.37. The molecule has 0 aliphatic rings. The molecule has 0 saturated carbocycles. The number of sulfonamides is 1. The predicted octanol–water partition coefficient (Wildman–Crippen LogP) is 2.16. The molecule has 3 N–H and O–H groups in total. The van der Waals surface area contributed by atoms with Crippen LogP contribution in [0.3, 0.4) is 0 Å². The molecule has 0 fully saturated rings. The van der Waals surface area contributed by atoms with Gasteiger partial charge in [0.1, 0.15) is 10.7 Å². The molecule has 0 atom stereocenters. The van der Waals surface area contributed by atoms with E-state index in [0.717, 1.165) is 25.0 Å². The van der Waals surface area contributed by atoms with Gasteiger partial charge in [0.2, 0.25) is 10.0 Å². The van der Waals surface area contributed by atoms with Gasteiger partial charge in [0.05, 0.1) is 10.7 Å². The summed E-state index contributed by atoms with van der Waals surface area (Å²) in [5.74, 6) is -0.742. The molecule has 5 nitrogen and oxygen atoms in total. The zero-order valence-corrected chi connectivity index (χ0v) is 12.7. The molecule has 114 valence electrons. The number of rotatable bonds is 8. The highest BCUT2D eigenvalue weighted by Gasteiger charge is 2.19. The number of benzene rings is 1. The first kappa shape index (κ1) is 17.2. The highest BCUT2D eigenvalue weighted by molar-refractivity contribution is 7.89. The Kier molecular flexibility index (Phi) is 6.67. The van der Waals surface area contributed by atoms with Gasteiger partial charge in [-0.25, -0.2) is 17.5 Å². The predicted molar refractivity (Wildman–Crippen MR) is 76.7 cm³/mol. The second-order valence-corrected chi connectivity index (χ2v) is 6.40. The van der Waals surface area contributed by atoms with E-state index in [1.165, 1.54) is 0 Å². The van der Waals surface area contributed by atoms with Gasteiger partial charge in [-0.2, -0.15) is 0 Å². The van der Waals surface area contributed by atoms with Crippen LogP contribution in [0.4, 0.5) is 10.1 Å². The first-order valence-electron chi connectivity index (χ1n) is 6.11. The Morgan fingerprint density at radius 2 is 2.05 bits per heavy atom. The van der Waals surface area contributed by atoms with Crippen molar-refractivity contribution in [3.8, 4) is 0 Å². The molecule has 0 aliphatic carbocycles. The van der Waals surface area contributed by atoms with E-state index in [0.29, 0.717) is 13.0 Å². The standard InChI is InChI=1S/C12H18ClFN2O3S/c1-19-6-4-2-3-5-16-20(17,18)12-8-11(15)10(14)7-9(12)13/h7-8,16H,2-6,15H2,1H3. The van der Waals surface area contributed by atoms with Crippen molar-refractivity contribution >= 4 is 27.3 Å². The minimum atomic E-state index is -3.78. The minimum absolute atomic E-state index is 0.191. The molecular weight excluding hydrogens is 307 g/mol. The number of methoxy groups -OCH3 is 1. The van der Waals surface area contributed by atoms with E-state index < -0.39 is 15.8 Å². The number of hydrogen-bond acceptors (Lipinski definition) is 4. The number of ether oxygens (including phenoxy) is 1. The van der Waals surface area contributed by atoms with Crippen LogP contribution in [-0.2, 0) is 14.8 Å². The van der Waals surface area contributed by atoms with Gasteiger partial charge in [-0.3, -0.25) is 0 Å². The number of hydrogen-bond donors (Lipinski definition) is 2. The van der Waals surface area contributed by atoms with Crippen molar-refractivity contribution in [2.75, 3.05) is 26.0 Å². The second-order valence-electron chi connectivity index (χ2n) is 4.26. The third-order valence-electron chi connectivity index (χ3n) is 2.66. The highest BCUT2D eigenvalue weighted by Crippen LogP contribution is 2.26. The Hall–Kier alpha value is -0.890. The van der Waals surface area contributed by atoms with Crippen molar-refractivity contribution < 1.29 is 17.5 Å². The lowest BCUT2D eigenvalue weighted by Gasteiger charge is -2.09. The number of nitrogen functional groups attached to an aromatic ring is 1. The van der Waals surface area contributed by atoms with E-state index in [1.807, 2.05) is 0 Å². The third kappa shape index (κ3) is 4.90. The van der Waals surface area contributed by atoms with Crippen molar-refractivity contribution in [3.05, 3.63) is 23.0 Å². The maximum Gasteiger partial charge on any atom is 0.242 e. The largest absolute Gasteiger partial charge is 0.396 e. The molecule has 0 aliphatic heterocycles. The smallest absolute Gasteiger partial charge is 0.242 e. The molecule has 1 aromatic carbocycles. The maximum absolute atomic E-state index is 13.1. The number of nitrogens with one attached hydrogen (secondary N) is 1. The van der Waals surface area contributed by atoms with Crippen LogP contribution in [0.1, 0.15) is 19.3 Å². The molecule has 0 saturated heterocycles. The fourth-order valence-corrected chi connectivity index (χ4v) is 3.20. The van der Waals surface area contributed by atoms with Crippen molar-refractivity contribution in [3.63, 3.8) is 0 Å². The lowest BCUT2D eigenvalue weighted by molar-refractivity contribution is 0.192. The van der Waals surface area contributed by atoms with Gasteiger partial charge in [0.25, 0.3) is 0 Å². The van der Waals surface area contributed by atoms with Crippen LogP contribution in [0.25, 0.3) is 0 Å². The Labute approximate surface area is 123 Å². The highest BCUT2D eigenvalue weighted by atomic mass is 35.5. The average molecular weight is 325 g/mol. The molecule has 0 unspecified atom stereocenters. The molecule has 1 aromatic rings. The summed E-state index contributed by atoms with van der Waals surface area (Å²) in [6, 6.07) is 1.91. The maximum atomic E-state index is 13.1. The molecular formula is C12H18ClFN2O3S. The van der Waals surface area contributed by atoms with Gasteiger partial charge in [-0.05, 0) is 31.4 Å². The van der Waals surface area contributed by atoms with Crippen molar-refractivity contribution in [2.45, 2.75) is 24.2 Å². The number of nitrogens with two attached hydrogens (primary N) is 1. The Morgan fingerprint density at radius 3 is 2.70 bits per heavy atom. The van der Waals surface area contributed by atoms with Gasteiger partial charge in [0, 0.05) is 20.3 Å². The number of halogens is 2. The quantitative estimate of drug-likeness (QED) is 0.567. The van der Waals surface area contributed by atoms with E-state index in [-0.39, 0.29) is 22.2 Å². The van der Waals surface area contributed by atoms with E-state index in [4.69, 9.17) is 22.1 Å². The lowest BCUT2D eigenvalue weighted by Crippen LogP contribution is -2.25. The first-order chi connectivity index (χ1) is 9.38. The fourth-order valence-electron chi connectivity index (χ4n) is 1.58. The fraction of sp³-hybridized carbons (Fsp3) is 0.500. The van der Waals surface area contributed by atoms with Crippen LogP contribution in [-0.4, -0.2) is 28.7 Å². The SMILES string of the molecule is COCCCCCNS(=O)(=O)c1cc(N)c(F)cc1Cl. The topological polar surface area (TPSA) is 81.4 Å². The summed E-state index contributed by atoms with van der Waals surface area (Å²) in [5, 5.41) is -0.191. The monoisotopic (exact) mass is 324 g/mol. The van der Waals surface area contributed by atoms with Gasteiger partial charge < -0.3 is 10.5 Å². The van der Waals surface area contributed by atoms with Gasteiger partial charge >= 0.3 is 0 Å². The van der Waals surface area contributed by atoms with Crippen LogP contribution in [0.5, 0.6) is 0 Å². The molecule has 0 amide bonds. The molecule has 1 rings (SSSR count). The summed E-state index contributed by atoms with van der Waals surface area (Å²) in [6.45, 7) is 0.923. The van der Waals surface area contributed by atoms with Crippen molar-refractivity contribution in [1.29, 1.82) is 0 Å². The van der Waals surface area contributed by atoms with Crippen LogP contribution >= 0.6 is 11.6 Å². The van der Waals surface area contributed by atoms with E-state index in [1.54, 1.807) is 7.11 Å². The minimum Gasteiger partial charge on any atom is -0.396 e. The summed E-state index contributed by atoms with van der Waals surface area (Å²) >= 11 is 5.74. The molecule has 0 bridgehead atoms. The zero-order valence-electron chi connectivity index (χ0n) is 11.2. The van der Waals surface area contributed by atoms with Gasteiger partial charge in [-0.1, -0.05) is 11.6 Å². The summed E-state index contributed by atoms with van der Waals surface area (Å²) in [4.78, 5) is -0.213. The van der Waals surface area contributed by atoms with E-state index >= 15 is 0 Å². The van der Waals surface area contributed by atoms with Crippen LogP contribution in [0.2, 0.25) is 5.02 Å².